The Morgan fingerprint density at radius 1 is 0.585 bits per heavy atom. The summed E-state index contributed by atoms with van der Waals surface area (Å²) in [7, 11) is -19.6. The first-order chi connectivity index (χ1) is 17.6. The van der Waals surface area contributed by atoms with E-state index in [1.165, 1.54) is 0 Å². The highest BCUT2D eigenvalue weighted by atomic mass is 31.2. The molecule has 0 saturated heterocycles. The Bertz CT molecular complexity index is 1070. The van der Waals surface area contributed by atoms with E-state index in [0.29, 0.717) is 11.1 Å². The molecule has 240 valence electrons. The molecule has 0 saturated carbocycles. The fraction of sp³-hybridized carbons (Fsp3) is 0.778. The minimum Gasteiger partial charge on any atom is -0.507 e. The van der Waals surface area contributed by atoms with E-state index in [4.69, 9.17) is 22.6 Å². The molecule has 1 rings (SSSR count). The van der Waals surface area contributed by atoms with Gasteiger partial charge < -0.3 is 27.7 Å². The summed E-state index contributed by atoms with van der Waals surface area (Å²) in [6, 6.07) is 3.40. The summed E-state index contributed by atoms with van der Waals surface area (Å²) in [6.45, 7) is 34.6. The highest BCUT2D eigenvalue weighted by Crippen LogP contribution is 2.82. The molecule has 1 aromatic rings. The number of aromatic hydroxyl groups is 1. The van der Waals surface area contributed by atoms with Crippen LogP contribution in [0.2, 0.25) is 78.6 Å². The first-order valence-electron chi connectivity index (χ1n) is 14.3. The van der Waals surface area contributed by atoms with E-state index in [1.807, 2.05) is 120 Å². The summed E-state index contributed by atoms with van der Waals surface area (Å²) in [5.74, 6) is 0.121. The van der Waals surface area contributed by atoms with Crippen molar-refractivity contribution in [1.29, 1.82) is 0 Å². The fourth-order valence-corrected chi connectivity index (χ4v) is 22.5. The molecule has 0 fully saturated rings. The summed E-state index contributed by atoms with van der Waals surface area (Å²) >= 11 is 0. The molecule has 0 heterocycles. The maximum absolute atomic E-state index is 15.6. The van der Waals surface area contributed by atoms with E-state index in [1.54, 1.807) is 12.1 Å². The van der Waals surface area contributed by atoms with Crippen molar-refractivity contribution in [2.24, 2.45) is 5.73 Å². The van der Waals surface area contributed by atoms with E-state index in [9.17, 15) is 5.11 Å². The predicted octanol–water partition coefficient (Wildman–Crippen LogP) is 9.85. The van der Waals surface area contributed by atoms with Crippen molar-refractivity contribution >= 4 is 48.5 Å². The lowest BCUT2D eigenvalue weighted by molar-refractivity contribution is 0.321. The zero-order valence-electron chi connectivity index (χ0n) is 29.0. The second kappa shape index (κ2) is 11.8. The Balaban J connectivity index is 4.68. The number of benzene rings is 1. The Morgan fingerprint density at radius 2 is 0.805 bits per heavy atom. The molecule has 0 atom stereocenters. The zero-order chi connectivity index (χ0) is 33.1. The molecule has 3 N–H and O–H groups in total. The quantitative estimate of drug-likeness (QED) is 0.175. The van der Waals surface area contributed by atoms with Crippen LogP contribution in [0.15, 0.2) is 12.1 Å². The largest absolute Gasteiger partial charge is 0.507 e. The molecule has 0 aliphatic rings. The smallest absolute Gasteiger partial charge is 0.348 e. The molecule has 1 aromatic carbocycles. The van der Waals surface area contributed by atoms with Gasteiger partial charge in [0.1, 0.15) is 5.75 Å². The summed E-state index contributed by atoms with van der Waals surface area (Å²) in [6.07, 6.45) is 0. The van der Waals surface area contributed by atoms with Crippen LogP contribution in [0.25, 0.3) is 0 Å². The number of nitrogens with two attached hydrogens (primary N) is 1. The monoisotopic (exact) mass is 683 g/mol. The topological polar surface area (TPSA) is 117 Å². The average molecular weight is 684 g/mol. The zero-order valence-corrected chi connectivity index (χ0v) is 34.8. The van der Waals surface area contributed by atoms with Gasteiger partial charge in [-0.25, -0.2) is 0 Å². The predicted molar refractivity (Wildman–Crippen MR) is 184 cm³/mol. The van der Waals surface area contributed by atoms with Gasteiger partial charge in [0.25, 0.3) is 0 Å². The first kappa shape index (κ1) is 39.2. The van der Waals surface area contributed by atoms with Gasteiger partial charge in [-0.05, 0) is 118 Å². The summed E-state index contributed by atoms with van der Waals surface area (Å²) in [5, 5.41) is 9.21. The van der Waals surface area contributed by atoms with Gasteiger partial charge in [0.15, 0.2) is 33.3 Å². The minimum atomic E-state index is -4.51. The van der Waals surface area contributed by atoms with Crippen molar-refractivity contribution in [3.05, 3.63) is 28.8 Å². The normalized spacial score (nSPS) is 15.4. The fourth-order valence-electron chi connectivity index (χ4n) is 4.21. The maximum Gasteiger partial charge on any atom is 0.348 e. The highest BCUT2D eigenvalue weighted by Gasteiger charge is 2.67. The Morgan fingerprint density at radius 3 is 0.976 bits per heavy atom. The van der Waals surface area contributed by atoms with Gasteiger partial charge >= 0.3 is 15.2 Å². The molecular weight excluding hydrogens is 625 g/mol. The Labute approximate surface area is 255 Å². The first-order valence-corrected chi connectivity index (χ1v) is 31.0. The average Bonchev–Trinajstić information content (AvgIpc) is 2.58. The number of hydrogen-bond acceptors (Lipinski definition) is 8. The van der Waals surface area contributed by atoms with Gasteiger partial charge in [0.05, 0.1) is 0 Å². The molecular formula is C27H59NO7P2Si4. The van der Waals surface area contributed by atoms with Gasteiger partial charge in [0, 0.05) is 0 Å². The van der Waals surface area contributed by atoms with Gasteiger partial charge in [0.2, 0.25) is 5.02 Å². The number of phenols is 1. The van der Waals surface area contributed by atoms with Gasteiger partial charge in [-0.1, -0.05) is 41.5 Å². The molecule has 41 heavy (non-hydrogen) atoms. The Kier molecular flexibility index (Phi) is 11.3. The standard InChI is InChI=1S/C27H59NO7P2Si4/c1-25(2,3)22-19-21(20-23(24(22)29)26(4,5)6)27(28,36(30,32-38(7,8)9)33-39(10,11)12)37(31,34-40(13,14)15)35-41(16,17)18/h19-20,29H,28H2,1-18H3. The molecule has 14 heteroatoms. The molecule has 0 aromatic heterocycles. The third-order valence-electron chi connectivity index (χ3n) is 5.56. The molecule has 0 amide bonds. The second-order valence-electron chi connectivity index (χ2n) is 17.0. The highest BCUT2D eigenvalue weighted by molar-refractivity contribution is 7.75. The van der Waals surface area contributed by atoms with E-state index in [0.717, 1.165) is 0 Å². The SMILES string of the molecule is CC(C)(C)c1cc(C(N)(P(=O)(O[Si](C)(C)C)O[Si](C)(C)C)P(=O)(O[Si](C)(C)C)O[Si](C)(C)C)cc(C(C)(C)C)c1O. The van der Waals surface area contributed by atoms with Crippen LogP contribution >= 0.6 is 15.2 Å². The maximum atomic E-state index is 15.6. The van der Waals surface area contributed by atoms with Crippen LogP contribution in [0.1, 0.15) is 58.2 Å². The van der Waals surface area contributed by atoms with Crippen LogP contribution in [0, 0.1) is 0 Å². The van der Waals surface area contributed by atoms with Crippen molar-refractivity contribution in [2.75, 3.05) is 0 Å². The van der Waals surface area contributed by atoms with E-state index in [2.05, 4.69) is 0 Å². The van der Waals surface area contributed by atoms with Crippen LogP contribution in [0.5, 0.6) is 5.75 Å². The van der Waals surface area contributed by atoms with E-state index < -0.39 is 64.3 Å². The van der Waals surface area contributed by atoms with Crippen molar-refractivity contribution < 1.29 is 31.1 Å². The van der Waals surface area contributed by atoms with Crippen LogP contribution < -0.4 is 5.73 Å². The lowest BCUT2D eigenvalue weighted by atomic mass is 9.78. The van der Waals surface area contributed by atoms with Crippen molar-refractivity contribution in [2.45, 2.75) is 136 Å². The summed E-state index contributed by atoms with van der Waals surface area (Å²) in [5.41, 5.74) is 7.80. The lowest BCUT2D eigenvalue weighted by Crippen LogP contribution is -2.47. The molecule has 0 bridgehead atoms. The third kappa shape index (κ3) is 10.1. The summed E-state index contributed by atoms with van der Waals surface area (Å²) in [4.78, 5) is 0. The third-order valence-corrected chi connectivity index (χ3v) is 21.8. The minimum absolute atomic E-state index is 0.121. The molecule has 0 unspecified atom stereocenters. The van der Waals surface area contributed by atoms with Crippen LogP contribution in [0.3, 0.4) is 0 Å². The molecule has 0 aliphatic carbocycles. The van der Waals surface area contributed by atoms with Crippen LogP contribution in [-0.4, -0.2) is 38.4 Å². The lowest BCUT2D eigenvalue weighted by Gasteiger charge is -2.47. The van der Waals surface area contributed by atoms with Crippen molar-refractivity contribution in [3.63, 3.8) is 0 Å². The van der Waals surface area contributed by atoms with Gasteiger partial charge in [-0.2, -0.15) is 0 Å². The molecule has 0 spiro atoms. The van der Waals surface area contributed by atoms with Gasteiger partial charge in [-0.15, -0.1) is 0 Å². The van der Waals surface area contributed by atoms with Crippen molar-refractivity contribution in [3.8, 4) is 5.75 Å². The number of rotatable bonds is 11. The van der Waals surface area contributed by atoms with Crippen LogP contribution in [-0.2, 0) is 41.8 Å². The molecule has 0 aliphatic heterocycles. The number of hydrogen-bond donors (Lipinski definition) is 2. The van der Waals surface area contributed by atoms with Crippen LogP contribution in [0.4, 0.5) is 0 Å². The second-order valence-corrected chi connectivity index (χ2v) is 40.5. The van der Waals surface area contributed by atoms with Gasteiger partial charge in [-0.3, -0.25) is 9.13 Å². The number of phenolic OH excluding ortho intramolecular Hbond substituents is 1. The Hall–Kier alpha value is 0.148. The van der Waals surface area contributed by atoms with E-state index >= 15 is 9.13 Å². The molecule has 8 nitrogen and oxygen atoms in total. The van der Waals surface area contributed by atoms with E-state index in [-0.39, 0.29) is 11.3 Å². The molecule has 0 radical (unpaired) electrons. The summed E-state index contributed by atoms with van der Waals surface area (Å²) < 4.78 is 57.2. The van der Waals surface area contributed by atoms with Crippen molar-refractivity contribution in [1.82, 2.24) is 0 Å².